The van der Waals surface area contributed by atoms with E-state index in [0.717, 1.165) is 33.4 Å². The average molecular weight is 1010 g/mol. The minimum Gasteiger partial charge on any atom is -0.238 e. The van der Waals surface area contributed by atoms with Gasteiger partial charge in [-0.05, 0) is 178 Å². The van der Waals surface area contributed by atoms with Crippen molar-refractivity contribution in [3.63, 3.8) is 0 Å². The van der Waals surface area contributed by atoms with Crippen molar-refractivity contribution in [1.29, 1.82) is 5.26 Å². The van der Waals surface area contributed by atoms with E-state index in [0.29, 0.717) is 11.3 Å². The minimum atomic E-state index is 0.629. The molecule has 0 unspecified atom stereocenters. The van der Waals surface area contributed by atoms with E-state index in [1.165, 1.54) is 132 Å². The van der Waals surface area contributed by atoms with Crippen LogP contribution in [-0.4, -0.2) is 0 Å². The molecule has 0 aliphatic heterocycles. The van der Waals surface area contributed by atoms with Crippen LogP contribution in [0, 0.1) is 17.9 Å². The molecule has 0 N–H and O–H groups in total. The van der Waals surface area contributed by atoms with Crippen LogP contribution in [0.4, 0.5) is 5.69 Å². The summed E-state index contributed by atoms with van der Waals surface area (Å²) < 4.78 is 0. The molecule has 2 aliphatic rings. The highest BCUT2D eigenvalue weighted by Crippen LogP contribution is 2.62. The fourth-order valence-corrected chi connectivity index (χ4v) is 13.8. The molecule has 0 bridgehead atoms. The van der Waals surface area contributed by atoms with E-state index in [9.17, 15) is 5.26 Å². The fourth-order valence-electron chi connectivity index (χ4n) is 13.8. The molecular formula is C78H44N2. The van der Waals surface area contributed by atoms with Crippen LogP contribution in [-0.2, 0) is 0 Å². The highest BCUT2D eigenvalue weighted by atomic mass is 14.6. The number of benzene rings is 14. The molecule has 0 radical (unpaired) electrons. The number of nitrogens with zero attached hydrogens (tertiary/aromatic N) is 2. The first-order chi connectivity index (χ1) is 39.7. The number of fused-ring (bicyclic) bond motifs is 8. The van der Waals surface area contributed by atoms with Gasteiger partial charge in [0.05, 0.1) is 18.2 Å². The van der Waals surface area contributed by atoms with E-state index >= 15 is 0 Å². The topological polar surface area (TPSA) is 28.1 Å². The standard InChI is InChI=1S/C78H44N2/c1-80-52-40-38-49(39-41-52)54-23-9-11-25-58(54)74-64-29-15-13-27-62(64)70(51-20-6-3-7-21-51)76-66-33-17-31-60-56(43-45-68(72(60)66)78(74)76)55-42-44-67-71-59(55)30-16-32-65(71)75-69(50-18-4-2-5-19-50)61-26-12-14-28-63(61)73(77(67)75)57-24-10-8-22-53(57)48-36-34-47(46-79)35-37-48/h2-45H. The largest absolute Gasteiger partial charge is 0.238 e. The highest BCUT2D eigenvalue weighted by molar-refractivity contribution is 6.32. The van der Waals surface area contributed by atoms with Gasteiger partial charge in [-0.2, -0.15) is 5.26 Å². The molecule has 0 atom stereocenters. The Kier molecular flexibility index (Phi) is 10.1. The summed E-state index contributed by atoms with van der Waals surface area (Å²) in [6, 6.07) is 99.2. The average Bonchev–Trinajstić information content (AvgIpc) is 4.16. The normalized spacial score (nSPS) is 11.7. The summed E-state index contributed by atoms with van der Waals surface area (Å²) in [6.07, 6.45) is 0. The molecule has 2 nitrogen and oxygen atoms in total. The maximum Gasteiger partial charge on any atom is 0.187 e. The molecule has 16 rings (SSSR count). The second-order valence-corrected chi connectivity index (χ2v) is 21.0. The Balaban J connectivity index is 0.967. The van der Waals surface area contributed by atoms with Gasteiger partial charge in [0.25, 0.3) is 0 Å². The van der Waals surface area contributed by atoms with Crippen molar-refractivity contribution in [3.05, 3.63) is 284 Å². The SMILES string of the molecule is [C-]#[N+]c1ccc(-c2ccccc2-c2c3c(c(-c4ccccc4)c4ccccc24)-c2cccc4c(-c5ccc6c7c(cccc57)-c5c-6c(-c6ccccc6-c6ccc(C#N)cc6)c6ccccc6c5-c5ccccc5)ccc-3c24)cc1. The van der Waals surface area contributed by atoms with Crippen molar-refractivity contribution in [3.8, 4) is 128 Å². The predicted octanol–water partition coefficient (Wildman–Crippen LogP) is 21.7. The van der Waals surface area contributed by atoms with Crippen LogP contribution in [0.2, 0.25) is 0 Å². The van der Waals surface area contributed by atoms with Crippen molar-refractivity contribution in [2.45, 2.75) is 0 Å². The predicted molar refractivity (Wildman–Crippen MR) is 334 cm³/mol. The van der Waals surface area contributed by atoms with E-state index in [4.69, 9.17) is 6.57 Å². The highest BCUT2D eigenvalue weighted by Gasteiger charge is 2.35. The molecule has 2 aliphatic carbocycles. The van der Waals surface area contributed by atoms with Gasteiger partial charge in [0.2, 0.25) is 0 Å². The van der Waals surface area contributed by atoms with Gasteiger partial charge in [-0.25, -0.2) is 4.85 Å². The van der Waals surface area contributed by atoms with Crippen LogP contribution in [0.5, 0.6) is 0 Å². The Hall–Kier alpha value is -10.9. The molecule has 366 valence electrons. The summed E-state index contributed by atoms with van der Waals surface area (Å²) in [5.41, 5.74) is 27.6. The number of nitriles is 1. The monoisotopic (exact) mass is 1010 g/mol. The number of rotatable bonds is 7. The molecule has 14 aromatic rings. The van der Waals surface area contributed by atoms with E-state index in [2.05, 4.69) is 254 Å². The van der Waals surface area contributed by atoms with Crippen LogP contribution in [0.3, 0.4) is 0 Å². The Morgan fingerprint density at radius 2 is 0.562 bits per heavy atom. The van der Waals surface area contributed by atoms with Gasteiger partial charge in [-0.15, -0.1) is 0 Å². The van der Waals surface area contributed by atoms with Gasteiger partial charge >= 0.3 is 0 Å². The summed E-state index contributed by atoms with van der Waals surface area (Å²) in [4.78, 5) is 3.72. The van der Waals surface area contributed by atoms with Crippen molar-refractivity contribution < 1.29 is 0 Å². The van der Waals surface area contributed by atoms with Gasteiger partial charge in [0.1, 0.15) is 0 Å². The van der Waals surface area contributed by atoms with Crippen LogP contribution in [0.25, 0.3) is 170 Å². The molecule has 80 heavy (non-hydrogen) atoms. The number of hydrogen-bond donors (Lipinski definition) is 0. The molecule has 0 amide bonds. The maximum absolute atomic E-state index is 9.77. The molecule has 0 saturated carbocycles. The van der Waals surface area contributed by atoms with Crippen LogP contribution in [0.1, 0.15) is 5.56 Å². The van der Waals surface area contributed by atoms with E-state index in [1.54, 1.807) is 0 Å². The van der Waals surface area contributed by atoms with Crippen molar-refractivity contribution in [2.75, 3.05) is 0 Å². The van der Waals surface area contributed by atoms with Crippen LogP contribution < -0.4 is 0 Å². The lowest BCUT2D eigenvalue weighted by Gasteiger charge is -2.22. The Morgan fingerprint density at radius 1 is 0.237 bits per heavy atom. The second-order valence-electron chi connectivity index (χ2n) is 21.0. The van der Waals surface area contributed by atoms with Crippen LogP contribution in [0.15, 0.2) is 267 Å². The molecule has 0 fully saturated rings. The second kappa shape index (κ2) is 17.8. The summed E-state index contributed by atoms with van der Waals surface area (Å²) in [7, 11) is 0. The van der Waals surface area contributed by atoms with Crippen molar-refractivity contribution in [1.82, 2.24) is 0 Å². The maximum atomic E-state index is 9.77. The molecule has 0 spiro atoms. The Morgan fingerprint density at radius 3 is 0.988 bits per heavy atom. The summed E-state index contributed by atoms with van der Waals surface area (Å²) >= 11 is 0. The lowest BCUT2D eigenvalue weighted by molar-refractivity contribution is 1.48. The molecule has 14 aromatic carbocycles. The zero-order chi connectivity index (χ0) is 53.0. The van der Waals surface area contributed by atoms with E-state index in [1.807, 2.05) is 24.3 Å². The Labute approximate surface area is 463 Å². The summed E-state index contributed by atoms with van der Waals surface area (Å²) in [5, 5.41) is 19.6. The number of hydrogen-bond acceptors (Lipinski definition) is 1. The van der Waals surface area contributed by atoms with Crippen molar-refractivity contribution >= 4 is 48.8 Å². The van der Waals surface area contributed by atoms with Gasteiger partial charge in [-0.3, -0.25) is 0 Å². The smallest absolute Gasteiger partial charge is 0.187 e. The molecule has 2 heteroatoms. The van der Waals surface area contributed by atoms with E-state index < -0.39 is 0 Å². The summed E-state index contributed by atoms with van der Waals surface area (Å²) in [5.74, 6) is 0. The first kappa shape index (κ1) is 45.3. The fraction of sp³-hybridized carbons (Fsp3) is 0. The minimum absolute atomic E-state index is 0.629. The first-order valence-corrected chi connectivity index (χ1v) is 27.3. The van der Waals surface area contributed by atoms with Gasteiger partial charge < -0.3 is 0 Å². The van der Waals surface area contributed by atoms with Gasteiger partial charge in [0, 0.05) is 0 Å². The van der Waals surface area contributed by atoms with Crippen molar-refractivity contribution in [2.24, 2.45) is 0 Å². The molecular weight excluding hydrogens is 965 g/mol. The zero-order valence-corrected chi connectivity index (χ0v) is 43.3. The first-order valence-electron chi connectivity index (χ1n) is 27.3. The lowest BCUT2D eigenvalue weighted by atomic mass is 9.81. The zero-order valence-electron chi connectivity index (χ0n) is 43.3. The third-order valence-corrected chi connectivity index (χ3v) is 17.0. The Bertz CT molecular complexity index is 4710. The summed E-state index contributed by atoms with van der Waals surface area (Å²) in [6.45, 7) is 7.70. The van der Waals surface area contributed by atoms with Gasteiger partial charge in [-0.1, -0.05) is 255 Å². The van der Waals surface area contributed by atoms with Gasteiger partial charge in [0.15, 0.2) is 5.69 Å². The molecule has 0 aromatic heterocycles. The third kappa shape index (κ3) is 6.58. The molecule has 0 heterocycles. The van der Waals surface area contributed by atoms with Crippen LogP contribution >= 0.6 is 0 Å². The molecule has 0 saturated heterocycles. The third-order valence-electron chi connectivity index (χ3n) is 17.0. The quantitative estimate of drug-likeness (QED) is 0.146. The van der Waals surface area contributed by atoms with E-state index in [-0.39, 0.29) is 0 Å². The lowest BCUT2D eigenvalue weighted by Crippen LogP contribution is -1.95.